The highest BCUT2D eigenvalue weighted by atomic mass is 32.2. The largest absolute Gasteiger partial charge is 0.350 e. The van der Waals surface area contributed by atoms with Crippen LogP contribution in [0.25, 0.3) is 0 Å². The summed E-state index contributed by atoms with van der Waals surface area (Å²) < 4.78 is 0. The molecule has 152 valence electrons. The lowest BCUT2D eigenvalue weighted by molar-refractivity contribution is -0.142. The van der Waals surface area contributed by atoms with E-state index >= 15 is 0 Å². The Morgan fingerprint density at radius 1 is 1.00 bits per heavy atom. The smallest absolute Gasteiger partial charge is 0.244 e. The number of amides is 2. The lowest BCUT2D eigenvalue weighted by atomic mass is 9.53. The van der Waals surface area contributed by atoms with Gasteiger partial charge in [-0.05, 0) is 61.8 Å². The van der Waals surface area contributed by atoms with Crippen LogP contribution in [0, 0.1) is 23.7 Å². The molecule has 0 radical (unpaired) electrons. The third-order valence-electron chi connectivity index (χ3n) is 7.89. The molecule has 2 amide bonds. The number of hydrogen-bond donors (Lipinski definition) is 1. The van der Waals surface area contributed by atoms with Gasteiger partial charge in [0.1, 0.15) is 11.4 Å². The Labute approximate surface area is 175 Å². The van der Waals surface area contributed by atoms with Crippen LogP contribution < -0.4 is 5.32 Å². The summed E-state index contributed by atoms with van der Waals surface area (Å²) in [7, 11) is 0. The lowest BCUT2D eigenvalue weighted by Gasteiger charge is -2.57. The van der Waals surface area contributed by atoms with Crippen molar-refractivity contribution in [3.8, 4) is 0 Å². The minimum Gasteiger partial charge on any atom is -0.350 e. The van der Waals surface area contributed by atoms with E-state index in [-0.39, 0.29) is 28.5 Å². The van der Waals surface area contributed by atoms with Crippen LogP contribution in [0.1, 0.15) is 49.5 Å². The number of thioether (sulfide) groups is 1. The monoisotopic (exact) mass is 410 g/mol. The van der Waals surface area contributed by atoms with E-state index in [4.69, 9.17) is 0 Å². The zero-order valence-electron chi connectivity index (χ0n) is 16.4. The van der Waals surface area contributed by atoms with Crippen molar-refractivity contribution >= 4 is 29.4 Å². The molecule has 0 aromatic heterocycles. The van der Waals surface area contributed by atoms with Crippen molar-refractivity contribution in [1.82, 2.24) is 10.2 Å². The fourth-order valence-electron chi connectivity index (χ4n) is 7.17. The summed E-state index contributed by atoms with van der Waals surface area (Å²) in [5.41, 5.74) is 0.843. The number of hydrogen-bond acceptors (Lipinski definition) is 4. The van der Waals surface area contributed by atoms with Gasteiger partial charge >= 0.3 is 0 Å². The van der Waals surface area contributed by atoms with Gasteiger partial charge in [0.25, 0.3) is 0 Å². The van der Waals surface area contributed by atoms with Gasteiger partial charge in [0, 0.05) is 11.3 Å². The number of Topliss-reactive ketones (excluding diaryl/α,β-unsaturated/α-hetero) is 1. The van der Waals surface area contributed by atoms with Gasteiger partial charge in [0.15, 0.2) is 11.7 Å². The molecule has 4 aliphatic carbocycles. The van der Waals surface area contributed by atoms with E-state index in [9.17, 15) is 14.4 Å². The van der Waals surface area contributed by atoms with Crippen LogP contribution in [0.4, 0.5) is 0 Å². The van der Waals surface area contributed by atoms with Crippen molar-refractivity contribution < 1.29 is 14.4 Å². The molecule has 0 spiro atoms. The van der Waals surface area contributed by atoms with Gasteiger partial charge in [-0.25, -0.2) is 0 Å². The Kier molecular flexibility index (Phi) is 3.93. The number of benzene rings is 1. The fourth-order valence-corrected chi connectivity index (χ4v) is 8.62. The molecule has 3 atom stereocenters. The summed E-state index contributed by atoms with van der Waals surface area (Å²) >= 11 is 1.62. The molecule has 7 rings (SSSR count). The Hall–Kier alpha value is -1.82. The van der Waals surface area contributed by atoms with E-state index < -0.39 is 12.0 Å². The number of carbonyl (C=O) groups excluding carboxylic acids is 3. The summed E-state index contributed by atoms with van der Waals surface area (Å²) in [5.74, 6) is 0.693. The predicted molar refractivity (Wildman–Crippen MR) is 110 cm³/mol. The molecular weight excluding hydrogens is 384 g/mol. The molecule has 1 N–H and O–H groups in total. The molecular formula is C23H26N2O3S. The third-order valence-corrected chi connectivity index (χ3v) is 9.21. The third kappa shape index (κ3) is 2.71. The van der Waals surface area contributed by atoms with Gasteiger partial charge in [-0.1, -0.05) is 30.3 Å². The molecule has 2 aliphatic heterocycles. The number of ketones is 1. The SMILES string of the molecule is O=C(NC12CC3CC(CC(C3)C1)C2)C1C(=O)C2CS[C@@H](c3ccccc3)N2C1=O. The normalized spacial score (nSPS) is 42.4. The number of carbonyl (C=O) groups is 3. The maximum absolute atomic E-state index is 13.2. The average molecular weight is 411 g/mol. The molecule has 2 heterocycles. The minimum absolute atomic E-state index is 0.171. The molecule has 6 heteroatoms. The van der Waals surface area contributed by atoms with Crippen LogP contribution in [0.15, 0.2) is 30.3 Å². The van der Waals surface area contributed by atoms with Gasteiger partial charge in [-0.3, -0.25) is 14.4 Å². The summed E-state index contributed by atoms with van der Waals surface area (Å²) in [6.07, 6.45) is 6.95. The second-order valence-corrected chi connectivity index (χ2v) is 11.0. The van der Waals surface area contributed by atoms with Crippen LogP contribution in [-0.2, 0) is 14.4 Å². The zero-order valence-corrected chi connectivity index (χ0v) is 17.2. The fraction of sp³-hybridized carbons (Fsp3) is 0.609. The Bertz CT molecular complexity index is 850. The van der Waals surface area contributed by atoms with Gasteiger partial charge in [0.05, 0.1) is 0 Å². The highest BCUT2D eigenvalue weighted by molar-refractivity contribution is 7.99. The second-order valence-electron chi connectivity index (χ2n) is 9.88. The zero-order chi connectivity index (χ0) is 19.8. The summed E-state index contributed by atoms with van der Waals surface area (Å²) in [6, 6.07) is 9.34. The van der Waals surface area contributed by atoms with Gasteiger partial charge in [-0.2, -0.15) is 0 Å². The van der Waals surface area contributed by atoms with E-state index in [2.05, 4.69) is 5.32 Å². The first-order valence-electron chi connectivity index (χ1n) is 10.9. The number of fused-ring (bicyclic) bond motifs is 1. The molecule has 6 aliphatic rings. The first kappa shape index (κ1) is 18.0. The highest BCUT2D eigenvalue weighted by Crippen LogP contribution is 2.56. The van der Waals surface area contributed by atoms with Crippen molar-refractivity contribution in [1.29, 1.82) is 0 Å². The molecule has 6 fully saturated rings. The van der Waals surface area contributed by atoms with Gasteiger partial charge < -0.3 is 10.2 Å². The lowest BCUT2D eigenvalue weighted by Crippen LogP contribution is -2.61. The van der Waals surface area contributed by atoms with E-state index in [0.717, 1.165) is 24.8 Å². The second kappa shape index (κ2) is 6.34. The maximum atomic E-state index is 13.2. The molecule has 1 aromatic rings. The Morgan fingerprint density at radius 2 is 1.62 bits per heavy atom. The maximum Gasteiger partial charge on any atom is 0.244 e. The minimum atomic E-state index is -1.15. The van der Waals surface area contributed by atoms with Crippen molar-refractivity contribution in [2.75, 3.05) is 5.75 Å². The number of rotatable bonds is 3. The van der Waals surface area contributed by atoms with Crippen LogP contribution >= 0.6 is 11.8 Å². The predicted octanol–water partition coefficient (Wildman–Crippen LogP) is 2.91. The van der Waals surface area contributed by atoms with E-state index in [0.29, 0.717) is 23.5 Å². The highest BCUT2D eigenvalue weighted by Gasteiger charge is 2.58. The molecule has 1 aromatic carbocycles. The quantitative estimate of drug-likeness (QED) is 0.778. The van der Waals surface area contributed by atoms with Crippen molar-refractivity contribution in [2.24, 2.45) is 23.7 Å². The van der Waals surface area contributed by atoms with Gasteiger partial charge in [-0.15, -0.1) is 11.8 Å². The summed E-state index contributed by atoms with van der Waals surface area (Å²) in [5, 5.41) is 3.09. The number of nitrogens with zero attached hydrogens (tertiary/aromatic N) is 1. The standard InChI is InChI=1S/C23H26N2O3S/c26-19-17-12-29-22(16-4-2-1-3-5-16)25(17)21(28)18(19)20(27)24-23-9-13-6-14(10-23)8-15(7-13)11-23/h1-5,13-15,17-18,22H,6-12H2,(H,24,27)/t13?,14?,15?,17?,18?,22-,23?/m0/s1. The van der Waals surface area contributed by atoms with Crippen molar-refractivity contribution in [3.63, 3.8) is 0 Å². The van der Waals surface area contributed by atoms with Crippen molar-refractivity contribution in [3.05, 3.63) is 35.9 Å². The summed E-state index contributed by atoms with van der Waals surface area (Å²) in [6.45, 7) is 0. The average Bonchev–Trinajstić information content (AvgIpc) is 3.21. The van der Waals surface area contributed by atoms with E-state index in [1.54, 1.807) is 16.7 Å². The molecule has 29 heavy (non-hydrogen) atoms. The summed E-state index contributed by atoms with van der Waals surface area (Å²) in [4.78, 5) is 41.2. The van der Waals surface area contributed by atoms with Crippen LogP contribution in [0.5, 0.6) is 0 Å². The van der Waals surface area contributed by atoms with E-state index in [1.165, 1.54) is 19.3 Å². The Morgan fingerprint density at radius 3 is 2.24 bits per heavy atom. The Balaban J connectivity index is 1.23. The first-order chi connectivity index (χ1) is 14.0. The topological polar surface area (TPSA) is 66.5 Å². The van der Waals surface area contributed by atoms with Crippen LogP contribution in [-0.4, -0.2) is 39.8 Å². The number of nitrogens with one attached hydrogen (secondary N) is 1. The van der Waals surface area contributed by atoms with Crippen LogP contribution in [0.3, 0.4) is 0 Å². The first-order valence-corrected chi connectivity index (χ1v) is 11.9. The van der Waals surface area contributed by atoms with Crippen LogP contribution in [0.2, 0.25) is 0 Å². The van der Waals surface area contributed by atoms with Gasteiger partial charge in [0.2, 0.25) is 11.8 Å². The molecule has 4 saturated carbocycles. The molecule has 2 unspecified atom stereocenters. The van der Waals surface area contributed by atoms with Crippen molar-refractivity contribution in [2.45, 2.75) is 55.5 Å². The molecule has 5 nitrogen and oxygen atoms in total. The van der Waals surface area contributed by atoms with E-state index in [1.807, 2.05) is 30.3 Å². The molecule has 4 bridgehead atoms. The molecule has 2 saturated heterocycles.